The predicted octanol–water partition coefficient (Wildman–Crippen LogP) is 2.29. The van der Waals surface area contributed by atoms with Crippen LogP contribution in [-0.2, 0) is 16.1 Å². The third kappa shape index (κ3) is 3.14. The Morgan fingerprint density at radius 1 is 1.25 bits per heavy atom. The van der Waals surface area contributed by atoms with E-state index in [4.69, 9.17) is 14.2 Å². The minimum atomic E-state index is -0.0459. The molecule has 2 heterocycles. The minimum absolute atomic E-state index is 0.0459. The van der Waals surface area contributed by atoms with Crippen molar-refractivity contribution in [3.8, 4) is 5.75 Å². The van der Waals surface area contributed by atoms with Crippen LogP contribution in [0.2, 0.25) is 0 Å². The van der Waals surface area contributed by atoms with Crippen LogP contribution in [0.25, 0.3) is 0 Å². The largest absolute Gasteiger partial charge is 0.490 e. The molecule has 0 saturated carbocycles. The standard InChI is InChI=1S/C16H22O4/c17-12-13-2-1-3-14(10-13)20-15-4-7-19-16(11-15)5-8-18-9-6-16/h1-3,10,15,17H,4-9,11-12H2. The molecule has 0 radical (unpaired) electrons. The number of ether oxygens (including phenoxy) is 3. The van der Waals surface area contributed by atoms with Gasteiger partial charge in [0.2, 0.25) is 0 Å². The predicted molar refractivity (Wildman–Crippen MR) is 74.8 cm³/mol. The number of aliphatic hydroxyl groups is 1. The fourth-order valence-electron chi connectivity index (χ4n) is 3.08. The monoisotopic (exact) mass is 278 g/mol. The lowest BCUT2D eigenvalue weighted by molar-refractivity contribution is -0.155. The van der Waals surface area contributed by atoms with Crippen molar-refractivity contribution in [2.24, 2.45) is 0 Å². The maximum absolute atomic E-state index is 9.18. The first-order valence-electron chi connectivity index (χ1n) is 7.38. The summed E-state index contributed by atoms with van der Waals surface area (Å²) in [5.41, 5.74) is 0.839. The summed E-state index contributed by atoms with van der Waals surface area (Å²) in [5.74, 6) is 0.839. The Labute approximate surface area is 119 Å². The van der Waals surface area contributed by atoms with E-state index in [0.29, 0.717) is 0 Å². The van der Waals surface area contributed by atoms with Gasteiger partial charge in [-0.05, 0) is 30.5 Å². The fraction of sp³-hybridized carbons (Fsp3) is 0.625. The molecule has 1 aromatic carbocycles. The van der Waals surface area contributed by atoms with Crippen molar-refractivity contribution in [2.75, 3.05) is 19.8 Å². The highest BCUT2D eigenvalue weighted by molar-refractivity contribution is 5.28. The first kappa shape index (κ1) is 13.9. The van der Waals surface area contributed by atoms with Crippen molar-refractivity contribution in [1.82, 2.24) is 0 Å². The fourth-order valence-corrected chi connectivity index (χ4v) is 3.08. The Morgan fingerprint density at radius 2 is 2.10 bits per heavy atom. The summed E-state index contributed by atoms with van der Waals surface area (Å²) in [6.45, 7) is 2.37. The molecule has 2 aliphatic rings. The van der Waals surface area contributed by atoms with E-state index in [1.165, 1.54) is 0 Å². The van der Waals surface area contributed by atoms with Crippen LogP contribution >= 0.6 is 0 Å². The van der Waals surface area contributed by atoms with E-state index < -0.39 is 0 Å². The second-order valence-electron chi connectivity index (χ2n) is 5.68. The number of aliphatic hydroxyl groups excluding tert-OH is 1. The van der Waals surface area contributed by atoms with Crippen molar-refractivity contribution in [3.63, 3.8) is 0 Å². The summed E-state index contributed by atoms with van der Waals surface area (Å²) < 4.78 is 17.5. The maximum Gasteiger partial charge on any atom is 0.120 e. The molecule has 20 heavy (non-hydrogen) atoms. The van der Waals surface area contributed by atoms with Gasteiger partial charge in [0.05, 0.1) is 18.8 Å². The van der Waals surface area contributed by atoms with Crippen LogP contribution < -0.4 is 4.74 Å². The molecule has 0 aromatic heterocycles. The van der Waals surface area contributed by atoms with E-state index in [-0.39, 0.29) is 18.3 Å². The summed E-state index contributed by atoms with van der Waals surface area (Å²) in [5, 5.41) is 9.18. The normalized spacial score (nSPS) is 25.6. The van der Waals surface area contributed by atoms with Crippen LogP contribution in [0.3, 0.4) is 0 Å². The second kappa shape index (κ2) is 6.12. The first-order valence-corrected chi connectivity index (χ1v) is 7.38. The van der Waals surface area contributed by atoms with Crippen molar-refractivity contribution in [2.45, 2.75) is 44.0 Å². The summed E-state index contributed by atoms with van der Waals surface area (Å²) >= 11 is 0. The minimum Gasteiger partial charge on any atom is -0.490 e. The van der Waals surface area contributed by atoms with E-state index in [9.17, 15) is 5.11 Å². The number of hydrogen-bond acceptors (Lipinski definition) is 4. The highest BCUT2D eigenvalue weighted by atomic mass is 16.5. The molecule has 0 amide bonds. The van der Waals surface area contributed by atoms with Crippen LogP contribution in [0.5, 0.6) is 5.75 Å². The Kier molecular flexibility index (Phi) is 4.24. The molecular formula is C16H22O4. The molecule has 1 aromatic rings. The Balaban J connectivity index is 1.64. The van der Waals surface area contributed by atoms with Crippen LogP contribution in [0.4, 0.5) is 0 Å². The second-order valence-corrected chi connectivity index (χ2v) is 5.68. The molecular weight excluding hydrogens is 256 g/mol. The third-order valence-corrected chi connectivity index (χ3v) is 4.24. The highest BCUT2D eigenvalue weighted by Gasteiger charge is 2.39. The van der Waals surface area contributed by atoms with Gasteiger partial charge in [0.15, 0.2) is 0 Å². The Hall–Kier alpha value is -1.10. The van der Waals surface area contributed by atoms with Gasteiger partial charge in [0.25, 0.3) is 0 Å². The molecule has 1 unspecified atom stereocenters. The molecule has 110 valence electrons. The average Bonchev–Trinajstić information content (AvgIpc) is 2.48. The molecule has 1 N–H and O–H groups in total. The summed E-state index contributed by atoms with van der Waals surface area (Å²) in [4.78, 5) is 0. The zero-order valence-corrected chi connectivity index (χ0v) is 11.7. The van der Waals surface area contributed by atoms with E-state index in [0.717, 1.165) is 56.8 Å². The van der Waals surface area contributed by atoms with Crippen molar-refractivity contribution < 1.29 is 19.3 Å². The van der Waals surface area contributed by atoms with Crippen LogP contribution in [0, 0.1) is 0 Å². The van der Waals surface area contributed by atoms with Gasteiger partial charge in [0, 0.05) is 26.1 Å². The van der Waals surface area contributed by atoms with Gasteiger partial charge in [-0.1, -0.05) is 12.1 Å². The maximum atomic E-state index is 9.18. The Morgan fingerprint density at radius 3 is 2.90 bits per heavy atom. The van der Waals surface area contributed by atoms with Gasteiger partial charge >= 0.3 is 0 Å². The SMILES string of the molecule is OCc1cccc(OC2CCOC3(CCOCC3)C2)c1. The highest BCUT2D eigenvalue weighted by Crippen LogP contribution is 2.35. The van der Waals surface area contributed by atoms with E-state index in [2.05, 4.69) is 0 Å². The molecule has 3 rings (SSSR count). The molecule has 1 atom stereocenters. The zero-order chi connectivity index (χ0) is 13.8. The lowest BCUT2D eigenvalue weighted by atomic mass is 9.85. The van der Waals surface area contributed by atoms with Gasteiger partial charge in [-0.15, -0.1) is 0 Å². The van der Waals surface area contributed by atoms with Crippen molar-refractivity contribution >= 4 is 0 Å². The average molecular weight is 278 g/mol. The van der Waals surface area contributed by atoms with Gasteiger partial charge in [0.1, 0.15) is 11.9 Å². The lowest BCUT2D eigenvalue weighted by Crippen LogP contribution is -2.47. The van der Waals surface area contributed by atoms with E-state index in [1.54, 1.807) is 0 Å². The third-order valence-electron chi connectivity index (χ3n) is 4.24. The zero-order valence-electron chi connectivity index (χ0n) is 11.7. The molecule has 2 aliphatic heterocycles. The van der Waals surface area contributed by atoms with Gasteiger partial charge in [-0.3, -0.25) is 0 Å². The van der Waals surface area contributed by atoms with Gasteiger partial charge in [-0.25, -0.2) is 0 Å². The molecule has 4 nitrogen and oxygen atoms in total. The van der Waals surface area contributed by atoms with Crippen molar-refractivity contribution in [1.29, 1.82) is 0 Å². The molecule has 2 saturated heterocycles. The number of rotatable bonds is 3. The van der Waals surface area contributed by atoms with Crippen LogP contribution in [0.1, 0.15) is 31.2 Å². The van der Waals surface area contributed by atoms with Crippen LogP contribution in [0.15, 0.2) is 24.3 Å². The topological polar surface area (TPSA) is 47.9 Å². The van der Waals surface area contributed by atoms with Crippen LogP contribution in [-0.4, -0.2) is 36.6 Å². The summed E-state index contributed by atoms with van der Waals surface area (Å²) in [6, 6.07) is 7.68. The molecule has 4 heteroatoms. The van der Waals surface area contributed by atoms with Crippen molar-refractivity contribution in [3.05, 3.63) is 29.8 Å². The quantitative estimate of drug-likeness (QED) is 0.921. The van der Waals surface area contributed by atoms with Gasteiger partial charge < -0.3 is 19.3 Å². The molecule has 0 aliphatic carbocycles. The molecule has 0 bridgehead atoms. The first-order chi connectivity index (χ1) is 9.80. The summed E-state index contributed by atoms with van der Waals surface area (Å²) in [7, 11) is 0. The molecule has 2 fully saturated rings. The van der Waals surface area contributed by atoms with E-state index >= 15 is 0 Å². The smallest absolute Gasteiger partial charge is 0.120 e. The Bertz CT molecular complexity index is 434. The number of benzene rings is 1. The van der Waals surface area contributed by atoms with Gasteiger partial charge in [-0.2, -0.15) is 0 Å². The summed E-state index contributed by atoms with van der Waals surface area (Å²) in [6.07, 6.45) is 3.97. The lowest BCUT2D eigenvalue weighted by Gasteiger charge is -2.43. The number of hydrogen-bond donors (Lipinski definition) is 1. The molecule has 1 spiro atoms. The van der Waals surface area contributed by atoms with E-state index in [1.807, 2.05) is 24.3 Å².